The van der Waals surface area contributed by atoms with Gasteiger partial charge in [-0.05, 0) is 35.9 Å². The smallest absolute Gasteiger partial charge is 0.322 e. The summed E-state index contributed by atoms with van der Waals surface area (Å²) in [7, 11) is 1.61. The topological polar surface area (TPSA) is 96.7 Å². The molecule has 1 saturated heterocycles. The number of carbonyl (C=O) groups excluding carboxylic acids is 2. The third-order valence-corrected chi connectivity index (χ3v) is 5.45. The second-order valence-electron chi connectivity index (χ2n) is 7.15. The first kappa shape index (κ1) is 17.3. The Hall–Kier alpha value is -3.81. The van der Waals surface area contributed by atoms with Gasteiger partial charge in [0.15, 0.2) is 5.54 Å². The van der Waals surface area contributed by atoms with Gasteiger partial charge >= 0.3 is 6.03 Å². The molecule has 0 spiro atoms. The van der Waals surface area contributed by atoms with Crippen LogP contribution in [0, 0.1) is 0 Å². The first-order valence-corrected chi connectivity index (χ1v) is 9.10. The van der Waals surface area contributed by atoms with Crippen LogP contribution >= 0.6 is 0 Å². The highest BCUT2D eigenvalue weighted by Crippen LogP contribution is 2.38. The van der Waals surface area contributed by atoms with E-state index in [1.54, 1.807) is 25.4 Å². The molecule has 146 valence electrons. The minimum atomic E-state index is -1.38. The third-order valence-electron chi connectivity index (χ3n) is 5.45. The molecule has 5 rings (SSSR count). The van der Waals surface area contributed by atoms with Gasteiger partial charge in [0.05, 0.1) is 13.7 Å². The lowest BCUT2D eigenvalue weighted by Crippen LogP contribution is -2.51. The van der Waals surface area contributed by atoms with E-state index in [1.165, 1.54) is 0 Å². The summed E-state index contributed by atoms with van der Waals surface area (Å²) in [4.78, 5) is 31.1. The average molecular weight is 390 g/mol. The van der Waals surface area contributed by atoms with E-state index >= 15 is 0 Å². The molecule has 2 aliphatic rings. The molecule has 0 saturated carbocycles. The largest absolute Gasteiger partial charge is 0.497 e. The number of benzene rings is 1. The molecule has 0 unspecified atom stereocenters. The van der Waals surface area contributed by atoms with Crippen LogP contribution in [0.25, 0.3) is 16.8 Å². The van der Waals surface area contributed by atoms with Crippen LogP contribution < -0.4 is 15.4 Å². The zero-order valence-corrected chi connectivity index (χ0v) is 15.7. The van der Waals surface area contributed by atoms with E-state index in [0.29, 0.717) is 18.0 Å². The van der Waals surface area contributed by atoms with E-state index in [2.05, 4.69) is 22.2 Å². The van der Waals surface area contributed by atoms with Gasteiger partial charge in [-0.25, -0.2) is 9.78 Å². The SMILES string of the molecule is C=C1c2cc(OC)ccc2CN1C[C@@]1(c2cc3cccnc3o2)NC(=O)NC1=O. The van der Waals surface area contributed by atoms with Crippen LogP contribution in [0.4, 0.5) is 4.79 Å². The minimum absolute atomic E-state index is 0.167. The molecule has 0 bridgehead atoms. The molecule has 8 heteroatoms. The van der Waals surface area contributed by atoms with Gasteiger partial charge in [0, 0.05) is 29.4 Å². The molecule has 4 heterocycles. The van der Waals surface area contributed by atoms with Gasteiger partial charge in [0.1, 0.15) is 11.5 Å². The Kier molecular flexibility index (Phi) is 3.64. The van der Waals surface area contributed by atoms with Crippen LogP contribution in [0.5, 0.6) is 5.75 Å². The second kappa shape index (κ2) is 6.10. The molecule has 0 aliphatic carbocycles. The summed E-state index contributed by atoms with van der Waals surface area (Å²) >= 11 is 0. The van der Waals surface area contributed by atoms with Crippen molar-refractivity contribution in [1.29, 1.82) is 0 Å². The lowest BCUT2D eigenvalue weighted by molar-refractivity contribution is -0.125. The van der Waals surface area contributed by atoms with Crippen LogP contribution in [0.3, 0.4) is 0 Å². The van der Waals surface area contributed by atoms with Crippen molar-refractivity contribution in [1.82, 2.24) is 20.5 Å². The van der Waals surface area contributed by atoms with Crippen molar-refractivity contribution in [2.45, 2.75) is 12.1 Å². The van der Waals surface area contributed by atoms with Crippen molar-refractivity contribution in [3.05, 3.63) is 66.1 Å². The molecular formula is C21H18N4O4. The van der Waals surface area contributed by atoms with Gasteiger partial charge in [-0.3, -0.25) is 10.1 Å². The van der Waals surface area contributed by atoms with E-state index in [9.17, 15) is 9.59 Å². The summed E-state index contributed by atoms with van der Waals surface area (Å²) in [6.45, 7) is 4.91. The highest BCUT2D eigenvalue weighted by Gasteiger charge is 2.52. The van der Waals surface area contributed by atoms with Crippen LogP contribution in [0.2, 0.25) is 0 Å². The number of fused-ring (bicyclic) bond motifs is 2. The Morgan fingerprint density at radius 2 is 2.17 bits per heavy atom. The number of rotatable bonds is 4. The van der Waals surface area contributed by atoms with Gasteiger partial charge in [0.25, 0.3) is 5.91 Å². The summed E-state index contributed by atoms with van der Waals surface area (Å²) in [5.41, 5.74) is 1.80. The van der Waals surface area contributed by atoms with Crippen LogP contribution in [-0.2, 0) is 16.9 Å². The van der Waals surface area contributed by atoms with Crippen LogP contribution in [0.15, 0.2) is 53.6 Å². The van der Waals surface area contributed by atoms with Gasteiger partial charge in [-0.2, -0.15) is 0 Å². The summed E-state index contributed by atoms with van der Waals surface area (Å²) in [5.74, 6) is 0.593. The van der Waals surface area contributed by atoms with E-state index in [4.69, 9.17) is 9.15 Å². The highest BCUT2D eigenvalue weighted by molar-refractivity contribution is 6.07. The minimum Gasteiger partial charge on any atom is -0.497 e. The Morgan fingerprint density at radius 3 is 2.90 bits per heavy atom. The maximum atomic E-state index is 12.9. The average Bonchev–Trinajstić information content (AvgIpc) is 3.36. The Labute approximate surface area is 166 Å². The third kappa shape index (κ3) is 2.56. The highest BCUT2D eigenvalue weighted by atomic mass is 16.5. The summed E-state index contributed by atoms with van der Waals surface area (Å²) in [6, 6.07) is 10.6. The lowest BCUT2D eigenvalue weighted by Gasteiger charge is -2.30. The van der Waals surface area contributed by atoms with Crippen molar-refractivity contribution in [2.24, 2.45) is 0 Å². The van der Waals surface area contributed by atoms with Crippen molar-refractivity contribution in [3.8, 4) is 5.75 Å². The standard InChI is InChI=1S/C21H18N4O4/c1-12-16-9-15(28-2)6-5-14(16)10-25(12)11-21(19(26)23-20(27)24-21)17-8-13-4-3-7-22-18(13)29-17/h3-9H,1,10-11H2,2H3,(H2,23,24,26,27)/t21-/m0/s1. The molecule has 2 N–H and O–H groups in total. The zero-order chi connectivity index (χ0) is 20.2. The van der Waals surface area contributed by atoms with Crippen molar-refractivity contribution >= 4 is 28.7 Å². The molecule has 1 aromatic carbocycles. The molecule has 1 atom stereocenters. The zero-order valence-electron chi connectivity index (χ0n) is 15.7. The summed E-state index contributed by atoms with van der Waals surface area (Å²) in [5, 5.41) is 5.85. The number of urea groups is 1. The van der Waals surface area contributed by atoms with Gasteiger partial charge in [-0.1, -0.05) is 12.6 Å². The number of imide groups is 1. The maximum Gasteiger partial charge on any atom is 0.322 e. The van der Waals surface area contributed by atoms with Crippen molar-refractivity contribution in [2.75, 3.05) is 13.7 Å². The molecule has 2 aromatic heterocycles. The number of hydrogen-bond acceptors (Lipinski definition) is 6. The predicted octanol–water partition coefficient (Wildman–Crippen LogP) is 2.36. The molecule has 0 radical (unpaired) electrons. The number of nitrogens with zero attached hydrogens (tertiary/aromatic N) is 2. The number of hydrogen-bond donors (Lipinski definition) is 2. The van der Waals surface area contributed by atoms with Crippen LogP contribution in [0.1, 0.15) is 16.9 Å². The van der Waals surface area contributed by atoms with E-state index in [0.717, 1.165) is 28.0 Å². The Balaban J connectivity index is 1.54. The fourth-order valence-electron chi connectivity index (χ4n) is 3.94. The molecule has 8 nitrogen and oxygen atoms in total. The second-order valence-corrected chi connectivity index (χ2v) is 7.15. The number of ether oxygens (including phenoxy) is 1. The number of carbonyl (C=O) groups is 2. The number of amides is 3. The number of nitrogens with one attached hydrogen (secondary N) is 2. The summed E-state index contributed by atoms with van der Waals surface area (Å²) < 4.78 is 11.2. The number of furan rings is 1. The Bertz CT molecular complexity index is 1150. The van der Waals surface area contributed by atoms with Crippen LogP contribution in [-0.4, -0.2) is 35.5 Å². The fourth-order valence-corrected chi connectivity index (χ4v) is 3.94. The van der Waals surface area contributed by atoms with Gasteiger partial charge < -0.3 is 19.4 Å². The number of pyridine rings is 1. The first-order chi connectivity index (χ1) is 14.0. The normalized spacial score (nSPS) is 20.7. The quantitative estimate of drug-likeness (QED) is 0.664. The van der Waals surface area contributed by atoms with E-state index < -0.39 is 17.5 Å². The van der Waals surface area contributed by atoms with Gasteiger partial charge in [0.2, 0.25) is 5.71 Å². The Morgan fingerprint density at radius 1 is 1.31 bits per heavy atom. The number of methoxy groups -OCH3 is 1. The van der Waals surface area contributed by atoms with Crippen molar-refractivity contribution in [3.63, 3.8) is 0 Å². The fraction of sp³-hybridized carbons (Fsp3) is 0.190. The van der Waals surface area contributed by atoms with E-state index in [1.807, 2.05) is 29.2 Å². The first-order valence-electron chi connectivity index (χ1n) is 9.10. The van der Waals surface area contributed by atoms with Crippen molar-refractivity contribution < 1.29 is 18.7 Å². The molecule has 1 fully saturated rings. The maximum absolute atomic E-state index is 12.9. The monoisotopic (exact) mass is 390 g/mol. The van der Waals surface area contributed by atoms with E-state index in [-0.39, 0.29) is 6.54 Å². The number of aromatic nitrogens is 1. The molecule has 3 aromatic rings. The lowest BCUT2D eigenvalue weighted by atomic mass is 9.95. The van der Waals surface area contributed by atoms with Gasteiger partial charge in [-0.15, -0.1) is 0 Å². The predicted molar refractivity (Wildman–Crippen MR) is 105 cm³/mol. The molecular weight excluding hydrogens is 372 g/mol. The summed E-state index contributed by atoms with van der Waals surface area (Å²) in [6.07, 6.45) is 1.61. The molecule has 2 aliphatic heterocycles. The molecule has 29 heavy (non-hydrogen) atoms. The molecule has 3 amide bonds.